The first-order chi connectivity index (χ1) is 8.22. The molecule has 3 rings (SSSR count). The van der Waals surface area contributed by atoms with Crippen molar-refractivity contribution in [1.82, 2.24) is 15.6 Å². The summed E-state index contributed by atoms with van der Waals surface area (Å²) in [5, 5.41) is 5.90. The molecule has 0 unspecified atom stereocenters. The van der Waals surface area contributed by atoms with E-state index in [-0.39, 0.29) is 5.91 Å². The standard InChI is InChI=1S/C12H11N3O2/c16-11-10(14-12(17)15-11)6-8-5-7-3-1-2-4-9(7)13-8/h1-5,10,13H,6H2,(H2,14,15,16,17)/t10-/m1/s1. The van der Waals surface area contributed by atoms with Crippen LogP contribution >= 0.6 is 0 Å². The van der Waals surface area contributed by atoms with Crippen LogP contribution in [-0.4, -0.2) is 23.0 Å². The van der Waals surface area contributed by atoms with Gasteiger partial charge in [-0.25, -0.2) is 4.79 Å². The Hall–Kier alpha value is -2.30. The molecular weight excluding hydrogens is 218 g/mol. The number of hydrogen-bond acceptors (Lipinski definition) is 2. The van der Waals surface area contributed by atoms with Crippen LogP contribution in [0.25, 0.3) is 10.9 Å². The minimum absolute atomic E-state index is 0.270. The molecule has 2 aromatic rings. The van der Waals surface area contributed by atoms with Crippen molar-refractivity contribution < 1.29 is 9.59 Å². The number of carbonyl (C=O) groups is 2. The highest BCUT2D eigenvalue weighted by molar-refractivity contribution is 6.04. The van der Waals surface area contributed by atoms with E-state index in [9.17, 15) is 9.59 Å². The van der Waals surface area contributed by atoms with Crippen LogP contribution in [0.4, 0.5) is 4.79 Å². The van der Waals surface area contributed by atoms with Gasteiger partial charge in [-0.05, 0) is 17.5 Å². The molecule has 1 aliphatic rings. The normalized spacial score (nSPS) is 19.4. The lowest BCUT2D eigenvalue weighted by atomic mass is 10.1. The number of H-pyrrole nitrogens is 1. The third-order valence-corrected chi connectivity index (χ3v) is 2.87. The lowest BCUT2D eigenvalue weighted by molar-refractivity contribution is -0.120. The third kappa shape index (κ3) is 1.75. The van der Waals surface area contributed by atoms with Crippen molar-refractivity contribution in [3.05, 3.63) is 36.0 Å². The summed E-state index contributed by atoms with van der Waals surface area (Å²) in [5.74, 6) is -0.270. The highest BCUT2D eigenvalue weighted by atomic mass is 16.2. The van der Waals surface area contributed by atoms with Gasteiger partial charge in [0.1, 0.15) is 6.04 Å². The number of fused-ring (bicyclic) bond motifs is 1. The van der Waals surface area contributed by atoms with Crippen LogP contribution in [-0.2, 0) is 11.2 Å². The van der Waals surface area contributed by atoms with Crippen molar-refractivity contribution in [3.8, 4) is 0 Å². The molecule has 5 heteroatoms. The predicted octanol–water partition coefficient (Wildman–Crippen LogP) is 0.918. The lowest BCUT2D eigenvalue weighted by Crippen LogP contribution is -2.31. The maximum absolute atomic E-state index is 11.4. The minimum atomic E-state index is -0.476. The fourth-order valence-corrected chi connectivity index (χ4v) is 2.07. The van der Waals surface area contributed by atoms with E-state index in [1.165, 1.54) is 0 Å². The highest BCUT2D eigenvalue weighted by Gasteiger charge is 2.29. The molecule has 0 bridgehead atoms. The van der Waals surface area contributed by atoms with Crippen molar-refractivity contribution in [2.24, 2.45) is 0 Å². The topological polar surface area (TPSA) is 74.0 Å². The molecule has 1 fully saturated rings. The zero-order chi connectivity index (χ0) is 11.8. The zero-order valence-electron chi connectivity index (χ0n) is 8.99. The fourth-order valence-electron chi connectivity index (χ4n) is 2.07. The van der Waals surface area contributed by atoms with Crippen LogP contribution in [0.5, 0.6) is 0 Å². The number of imide groups is 1. The maximum Gasteiger partial charge on any atom is 0.322 e. The van der Waals surface area contributed by atoms with Gasteiger partial charge < -0.3 is 10.3 Å². The van der Waals surface area contributed by atoms with Crippen molar-refractivity contribution in [2.75, 3.05) is 0 Å². The molecule has 1 saturated heterocycles. The Morgan fingerprint density at radius 2 is 2.00 bits per heavy atom. The predicted molar refractivity (Wildman–Crippen MR) is 62.5 cm³/mol. The molecule has 1 aromatic carbocycles. The molecule has 86 valence electrons. The van der Waals surface area contributed by atoms with Crippen molar-refractivity contribution in [1.29, 1.82) is 0 Å². The number of hydrogen-bond donors (Lipinski definition) is 3. The Kier molecular flexibility index (Phi) is 2.11. The number of aromatic amines is 1. The number of aromatic nitrogens is 1. The van der Waals surface area contributed by atoms with Gasteiger partial charge in [-0.2, -0.15) is 0 Å². The second-order valence-electron chi connectivity index (χ2n) is 4.10. The van der Waals surface area contributed by atoms with Gasteiger partial charge in [-0.1, -0.05) is 18.2 Å². The molecule has 17 heavy (non-hydrogen) atoms. The molecule has 0 radical (unpaired) electrons. The van der Waals surface area contributed by atoms with Crippen LogP contribution in [0.15, 0.2) is 30.3 Å². The van der Waals surface area contributed by atoms with E-state index in [0.29, 0.717) is 6.42 Å². The number of carbonyl (C=O) groups excluding carboxylic acids is 2. The van der Waals surface area contributed by atoms with Crippen molar-refractivity contribution >= 4 is 22.8 Å². The molecule has 2 heterocycles. The molecule has 3 N–H and O–H groups in total. The number of para-hydroxylation sites is 1. The Morgan fingerprint density at radius 3 is 2.71 bits per heavy atom. The summed E-state index contributed by atoms with van der Waals surface area (Å²) in [6, 6.07) is 8.99. The quantitative estimate of drug-likeness (QED) is 0.670. The maximum atomic E-state index is 11.4. The molecule has 0 spiro atoms. The molecule has 1 atom stereocenters. The Balaban J connectivity index is 1.85. The number of amides is 3. The van der Waals surface area contributed by atoms with Gasteiger partial charge in [-0.15, -0.1) is 0 Å². The van der Waals surface area contributed by atoms with Gasteiger partial charge in [-0.3, -0.25) is 10.1 Å². The molecular formula is C12H11N3O2. The van der Waals surface area contributed by atoms with Crippen LogP contribution in [0, 0.1) is 0 Å². The summed E-state index contributed by atoms with van der Waals surface area (Å²) in [5.41, 5.74) is 1.97. The Labute approximate surface area is 97.2 Å². The van der Waals surface area contributed by atoms with Gasteiger partial charge in [0.2, 0.25) is 0 Å². The van der Waals surface area contributed by atoms with Crippen LogP contribution in [0.3, 0.4) is 0 Å². The minimum Gasteiger partial charge on any atom is -0.358 e. The van der Waals surface area contributed by atoms with E-state index in [1.54, 1.807) is 0 Å². The second-order valence-corrected chi connectivity index (χ2v) is 4.10. The Bertz CT molecular complexity index is 570. The fraction of sp³-hybridized carbons (Fsp3) is 0.167. The summed E-state index contributed by atoms with van der Waals surface area (Å²) in [6.45, 7) is 0. The summed E-state index contributed by atoms with van der Waals surface area (Å²) >= 11 is 0. The van der Waals surface area contributed by atoms with Crippen molar-refractivity contribution in [2.45, 2.75) is 12.5 Å². The second kappa shape index (κ2) is 3.62. The van der Waals surface area contributed by atoms with E-state index in [4.69, 9.17) is 0 Å². The van der Waals surface area contributed by atoms with Gasteiger partial charge in [0.25, 0.3) is 5.91 Å². The van der Waals surface area contributed by atoms with Crippen LogP contribution in [0.1, 0.15) is 5.69 Å². The third-order valence-electron chi connectivity index (χ3n) is 2.87. The zero-order valence-corrected chi connectivity index (χ0v) is 8.99. The molecule has 0 saturated carbocycles. The molecule has 5 nitrogen and oxygen atoms in total. The molecule has 1 aliphatic heterocycles. The molecule has 3 amide bonds. The van der Waals surface area contributed by atoms with Gasteiger partial charge in [0.15, 0.2) is 0 Å². The summed E-state index contributed by atoms with van der Waals surface area (Å²) in [7, 11) is 0. The summed E-state index contributed by atoms with van der Waals surface area (Å²) in [4.78, 5) is 25.6. The van der Waals surface area contributed by atoms with E-state index in [2.05, 4.69) is 15.6 Å². The average molecular weight is 229 g/mol. The largest absolute Gasteiger partial charge is 0.358 e. The van der Waals surface area contributed by atoms with E-state index >= 15 is 0 Å². The highest BCUT2D eigenvalue weighted by Crippen LogP contribution is 2.16. The van der Waals surface area contributed by atoms with Gasteiger partial charge >= 0.3 is 6.03 Å². The molecule has 1 aromatic heterocycles. The number of nitrogens with one attached hydrogen (secondary N) is 3. The number of urea groups is 1. The average Bonchev–Trinajstić information content (AvgIpc) is 2.82. The lowest BCUT2D eigenvalue weighted by Gasteiger charge is -2.04. The van der Waals surface area contributed by atoms with Gasteiger partial charge in [0.05, 0.1) is 0 Å². The summed E-state index contributed by atoms with van der Waals surface area (Å²) in [6.07, 6.45) is 0.478. The van der Waals surface area contributed by atoms with E-state index < -0.39 is 12.1 Å². The number of benzene rings is 1. The first-order valence-electron chi connectivity index (χ1n) is 5.40. The number of rotatable bonds is 2. The first-order valence-corrected chi connectivity index (χ1v) is 5.40. The van der Waals surface area contributed by atoms with Crippen LogP contribution < -0.4 is 10.6 Å². The SMILES string of the molecule is O=C1NC(=O)[C@@H](Cc2cc3ccccc3[nH]2)N1. The van der Waals surface area contributed by atoms with Crippen LogP contribution in [0.2, 0.25) is 0 Å². The van der Waals surface area contributed by atoms with E-state index in [0.717, 1.165) is 16.6 Å². The Morgan fingerprint density at radius 1 is 1.18 bits per heavy atom. The summed E-state index contributed by atoms with van der Waals surface area (Å²) < 4.78 is 0. The van der Waals surface area contributed by atoms with Crippen molar-refractivity contribution in [3.63, 3.8) is 0 Å². The van der Waals surface area contributed by atoms with E-state index in [1.807, 2.05) is 30.3 Å². The monoisotopic (exact) mass is 229 g/mol. The van der Waals surface area contributed by atoms with Gasteiger partial charge in [0, 0.05) is 17.6 Å². The molecule has 0 aliphatic carbocycles. The smallest absolute Gasteiger partial charge is 0.322 e. The first kappa shape index (κ1) is 9.89.